The minimum absolute atomic E-state index is 0.0262. The average Bonchev–Trinajstić information content (AvgIpc) is 3.08. The van der Waals surface area contributed by atoms with Crippen LogP contribution in [0.3, 0.4) is 0 Å². The van der Waals surface area contributed by atoms with E-state index in [0.29, 0.717) is 27.4 Å². The maximum absolute atomic E-state index is 13.5. The molecule has 0 saturated carbocycles. The number of carbonyl (C=O) groups excluding carboxylic acids is 1. The van der Waals surface area contributed by atoms with Gasteiger partial charge in [0.05, 0.1) is 10.6 Å². The zero-order valence-electron chi connectivity index (χ0n) is 14.0. The van der Waals surface area contributed by atoms with Crippen LogP contribution in [0.2, 0.25) is 10.0 Å². The third kappa shape index (κ3) is 3.56. The third-order valence-corrected chi connectivity index (χ3v) is 4.56. The van der Waals surface area contributed by atoms with E-state index in [1.54, 1.807) is 42.5 Å². The molecule has 0 fully saturated rings. The number of nitrogens with one attached hydrogen (secondary N) is 1. The Bertz CT molecular complexity index is 1210. The van der Waals surface area contributed by atoms with Gasteiger partial charge in [0.15, 0.2) is 17.2 Å². The number of hydrogen-bond donors (Lipinski definition) is 1. The van der Waals surface area contributed by atoms with Crippen molar-refractivity contribution in [2.45, 2.75) is 0 Å². The summed E-state index contributed by atoms with van der Waals surface area (Å²) in [6.07, 6.45) is 0. The monoisotopic (exact) mass is 418 g/mol. The van der Waals surface area contributed by atoms with Gasteiger partial charge in [-0.05, 0) is 54.6 Å². The molecule has 1 aromatic heterocycles. The van der Waals surface area contributed by atoms with Gasteiger partial charge >= 0.3 is 0 Å². The zero-order chi connectivity index (χ0) is 19.8. The first kappa shape index (κ1) is 18.4. The van der Waals surface area contributed by atoms with Crippen LogP contribution >= 0.6 is 23.2 Å². The van der Waals surface area contributed by atoms with Crippen molar-refractivity contribution in [3.63, 3.8) is 0 Å². The minimum atomic E-state index is -1.06. The molecule has 1 heterocycles. The summed E-state index contributed by atoms with van der Waals surface area (Å²) in [5.74, 6) is -2.39. The molecule has 140 valence electrons. The molecule has 0 radical (unpaired) electrons. The van der Waals surface area contributed by atoms with Crippen LogP contribution in [0.4, 0.5) is 14.5 Å². The Morgan fingerprint density at radius 1 is 0.964 bits per heavy atom. The molecule has 0 aliphatic carbocycles. The number of anilines is 1. The molecule has 4 aromatic rings. The van der Waals surface area contributed by atoms with Gasteiger partial charge in [-0.1, -0.05) is 23.2 Å². The maximum atomic E-state index is 13.5. The number of hydrogen-bond acceptors (Lipinski definition) is 3. The van der Waals surface area contributed by atoms with Crippen molar-refractivity contribution in [2.24, 2.45) is 0 Å². The normalized spacial score (nSPS) is 11.0. The Morgan fingerprint density at radius 3 is 2.43 bits per heavy atom. The molecular formula is C20H10Cl2F2N2O2. The van der Waals surface area contributed by atoms with Gasteiger partial charge in [0, 0.05) is 16.3 Å². The van der Waals surface area contributed by atoms with Gasteiger partial charge in [-0.2, -0.15) is 0 Å². The van der Waals surface area contributed by atoms with E-state index in [4.69, 9.17) is 27.6 Å². The molecule has 1 amide bonds. The number of halogens is 4. The van der Waals surface area contributed by atoms with Gasteiger partial charge < -0.3 is 9.73 Å². The summed E-state index contributed by atoms with van der Waals surface area (Å²) in [4.78, 5) is 16.6. The fourth-order valence-corrected chi connectivity index (χ4v) is 2.97. The lowest BCUT2D eigenvalue weighted by atomic mass is 10.2. The first-order valence-corrected chi connectivity index (χ1v) is 8.79. The molecule has 0 aliphatic heterocycles. The summed E-state index contributed by atoms with van der Waals surface area (Å²) in [6.45, 7) is 0. The topological polar surface area (TPSA) is 55.1 Å². The summed E-state index contributed by atoms with van der Waals surface area (Å²) < 4.78 is 32.4. The van der Waals surface area contributed by atoms with E-state index < -0.39 is 11.6 Å². The van der Waals surface area contributed by atoms with Crippen LogP contribution in [0, 0.1) is 11.6 Å². The van der Waals surface area contributed by atoms with Crippen LogP contribution in [0.15, 0.2) is 59.0 Å². The molecule has 1 N–H and O–H groups in total. The van der Waals surface area contributed by atoms with Gasteiger partial charge in [-0.3, -0.25) is 4.79 Å². The number of benzene rings is 3. The number of rotatable bonds is 3. The lowest BCUT2D eigenvalue weighted by molar-refractivity contribution is 0.102. The van der Waals surface area contributed by atoms with Crippen molar-refractivity contribution in [3.05, 3.63) is 81.8 Å². The smallest absolute Gasteiger partial charge is 0.255 e. The Morgan fingerprint density at radius 2 is 1.68 bits per heavy atom. The van der Waals surface area contributed by atoms with Crippen molar-refractivity contribution in [1.82, 2.24) is 4.98 Å². The van der Waals surface area contributed by atoms with Gasteiger partial charge in [0.2, 0.25) is 5.89 Å². The van der Waals surface area contributed by atoms with Crippen LogP contribution in [0.5, 0.6) is 0 Å². The second-order valence-corrected chi connectivity index (χ2v) is 6.75. The van der Waals surface area contributed by atoms with E-state index in [0.717, 1.165) is 12.1 Å². The maximum Gasteiger partial charge on any atom is 0.255 e. The van der Waals surface area contributed by atoms with Crippen LogP contribution in [-0.4, -0.2) is 10.9 Å². The van der Waals surface area contributed by atoms with Crippen LogP contribution < -0.4 is 5.32 Å². The molecular weight excluding hydrogens is 409 g/mol. The van der Waals surface area contributed by atoms with E-state index in [-0.39, 0.29) is 22.4 Å². The number of oxazole rings is 1. The standard InChI is InChI=1S/C20H10Cl2F2N2O2/c21-11-3-1-10(2-4-11)19(27)25-12-5-6-18-17(7-12)26-20(28-18)13-8-15(23)16(24)9-14(13)22/h1-9H,(H,25,27). The Hall–Kier alpha value is -2.96. The Labute approximate surface area is 167 Å². The van der Waals surface area contributed by atoms with Crippen LogP contribution in [-0.2, 0) is 0 Å². The van der Waals surface area contributed by atoms with Crippen LogP contribution in [0.25, 0.3) is 22.6 Å². The molecule has 4 rings (SSSR count). The lowest BCUT2D eigenvalue weighted by Crippen LogP contribution is -2.11. The molecule has 0 saturated heterocycles. The fourth-order valence-electron chi connectivity index (χ4n) is 2.61. The molecule has 0 unspecified atom stereocenters. The quantitative estimate of drug-likeness (QED) is 0.395. The Balaban J connectivity index is 1.64. The number of carbonyl (C=O) groups is 1. The molecule has 0 spiro atoms. The SMILES string of the molecule is O=C(Nc1ccc2oc(-c3cc(F)c(F)cc3Cl)nc2c1)c1ccc(Cl)cc1. The number of amides is 1. The van der Waals surface area contributed by atoms with Crippen molar-refractivity contribution in [2.75, 3.05) is 5.32 Å². The van der Waals surface area contributed by atoms with Gasteiger partial charge in [-0.25, -0.2) is 13.8 Å². The first-order chi connectivity index (χ1) is 13.4. The molecule has 3 aromatic carbocycles. The van der Waals surface area contributed by atoms with E-state index in [1.165, 1.54) is 0 Å². The number of fused-ring (bicyclic) bond motifs is 1. The van der Waals surface area contributed by atoms with Crippen LogP contribution in [0.1, 0.15) is 10.4 Å². The predicted molar refractivity (Wildman–Crippen MR) is 104 cm³/mol. The van der Waals surface area contributed by atoms with Gasteiger partial charge in [0.1, 0.15) is 5.52 Å². The highest BCUT2D eigenvalue weighted by Gasteiger charge is 2.16. The first-order valence-electron chi connectivity index (χ1n) is 8.03. The molecule has 0 atom stereocenters. The van der Waals surface area contributed by atoms with Gasteiger partial charge in [-0.15, -0.1) is 0 Å². The second kappa shape index (κ2) is 7.22. The summed E-state index contributed by atoms with van der Waals surface area (Å²) in [5.41, 5.74) is 1.89. The largest absolute Gasteiger partial charge is 0.436 e. The highest BCUT2D eigenvalue weighted by molar-refractivity contribution is 6.33. The van der Waals surface area contributed by atoms with E-state index in [9.17, 15) is 13.6 Å². The minimum Gasteiger partial charge on any atom is -0.436 e. The number of nitrogens with zero attached hydrogens (tertiary/aromatic N) is 1. The third-order valence-electron chi connectivity index (χ3n) is 3.99. The Kier molecular flexibility index (Phi) is 4.75. The van der Waals surface area contributed by atoms with Crippen molar-refractivity contribution >= 4 is 45.9 Å². The molecule has 8 heteroatoms. The van der Waals surface area contributed by atoms with Crippen molar-refractivity contribution < 1.29 is 18.0 Å². The highest BCUT2D eigenvalue weighted by atomic mass is 35.5. The summed E-state index contributed by atoms with van der Waals surface area (Å²) >= 11 is 11.8. The molecule has 0 bridgehead atoms. The van der Waals surface area contributed by atoms with Crippen molar-refractivity contribution in [3.8, 4) is 11.5 Å². The van der Waals surface area contributed by atoms with Crippen molar-refractivity contribution in [1.29, 1.82) is 0 Å². The zero-order valence-corrected chi connectivity index (χ0v) is 15.5. The van der Waals surface area contributed by atoms with E-state index in [1.807, 2.05) is 0 Å². The molecule has 0 aliphatic rings. The average molecular weight is 419 g/mol. The summed E-state index contributed by atoms with van der Waals surface area (Å²) in [6, 6.07) is 13.1. The fraction of sp³-hybridized carbons (Fsp3) is 0. The predicted octanol–water partition coefficient (Wildman–Crippen LogP) is 6.33. The lowest BCUT2D eigenvalue weighted by Gasteiger charge is -2.05. The molecule has 4 nitrogen and oxygen atoms in total. The highest BCUT2D eigenvalue weighted by Crippen LogP contribution is 2.32. The molecule has 28 heavy (non-hydrogen) atoms. The van der Waals surface area contributed by atoms with E-state index in [2.05, 4.69) is 10.3 Å². The number of aromatic nitrogens is 1. The summed E-state index contributed by atoms with van der Waals surface area (Å²) in [7, 11) is 0. The second-order valence-electron chi connectivity index (χ2n) is 5.91. The van der Waals surface area contributed by atoms with Gasteiger partial charge in [0.25, 0.3) is 5.91 Å². The van der Waals surface area contributed by atoms with E-state index >= 15 is 0 Å². The summed E-state index contributed by atoms with van der Waals surface area (Å²) in [5, 5.41) is 3.25.